The van der Waals surface area contributed by atoms with E-state index in [1.54, 1.807) is 0 Å². The summed E-state index contributed by atoms with van der Waals surface area (Å²) in [5.41, 5.74) is 0. The van der Waals surface area contributed by atoms with Crippen LogP contribution in [0.5, 0.6) is 0 Å². The molecule has 11 heavy (non-hydrogen) atoms. The molecular formula is C9H12O2. The van der Waals surface area contributed by atoms with Crippen molar-refractivity contribution in [3.8, 4) is 0 Å². The van der Waals surface area contributed by atoms with Gasteiger partial charge in [-0.2, -0.15) is 0 Å². The van der Waals surface area contributed by atoms with E-state index in [1.165, 1.54) is 19.3 Å². The highest BCUT2D eigenvalue weighted by Crippen LogP contribution is 2.54. The van der Waals surface area contributed by atoms with Gasteiger partial charge in [0.1, 0.15) is 0 Å². The van der Waals surface area contributed by atoms with E-state index < -0.39 is 0 Å². The predicted octanol–water partition coefficient (Wildman–Crippen LogP) is 1.21. The van der Waals surface area contributed by atoms with Crippen LogP contribution in [0.3, 0.4) is 0 Å². The Kier molecular flexibility index (Phi) is 0.984. The third kappa shape index (κ3) is 0.608. The molecule has 4 unspecified atom stereocenters. The maximum atomic E-state index is 11.2. The highest BCUT2D eigenvalue weighted by molar-refractivity contribution is 5.75. The molecule has 60 valence electrons. The van der Waals surface area contributed by atoms with Crippen LogP contribution in [0.25, 0.3) is 0 Å². The minimum Gasteiger partial charge on any atom is -0.465 e. The second kappa shape index (κ2) is 1.79. The van der Waals surface area contributed by atoms with Crippen molar-refractivity contribution in [2.75, 3.05) is 6.61 Å². The third-order valence-corrected chi connectivity index (χ3v) is 3.78. The van der Waals surface area contributed by atoms with Gasteiger partial charge in [0.25, 0.3) is 0 Å². The molecule has 1 saturated heterocycles. The van der Waals surface area contributed by atoms with Gasteiger partial charge in [-0.15, -0.1) is 0 Å². The fourth-order valence-corrected chi connectivity index (χ4v) is 3.29. The van der Waals surface area contributed by atoms with Gasteiger partial charge in [0.2, 0.25) is 0 Å². The number of cyclic esters (lactones) is 1. The smallest absolute Gasteiger partial charge is 0.309 e. The van der Waals surface area contributed by atoms with Gasteiger partial charge in [0, 0.05) is 5.92 Å². The van der Waals surface area contributed by atoms with Crippen LogP contribution in [0.15, 0.2) is 0 Å². The molecule has 3 fully saturated rings. The fourth-order valence-electron chi connectivity index (χ4n) is 3.29. The van der Waals surface area contributed by atoms with E-state index in [2.05, 4.69) is 0 Å². The Morgan fingerprint density at radius 3 is 2.91 bits per heavy atom. The minimum absolute atomic E-state index is 0.0993. The minimum atomic E-state index is 0.0993. The molecule has 0 spiro atoms. The van der Waals surface area contributed by atoms with E-state index in [-0.39, 0.29) is 5.97 Å². The number of rotatable bonds is 0. The van der Waals surface area contributed by atoms with Gasteiger partial charge in [-0.05, 0) is 31.1 Å². The zero-order valence-corrected chi connectivity index (χ0v) is 6.45. The lowest BCUT2D eigenvalue weighted by Crippen LogP contribution is -2.22. The number of ether oxygens (including phenoxy) is 1. The van der Waals surface area contributed by atoms with Crippen molar-refractivity contribution in [1.29, 1.82) is 0 Å². The first-order valence-corrected chi connectivity index (χ1v) is 4.53. The normalized spacial score (nSPS) is 52.9. The van der Waals surface area contributed by atoms with Gasteiger partial charge in [0.05, 0.1) is 12.5 Å². The number of esters is 1. The first kappa shape index (κ1) is 6.04. The standard InChI is InChI=1S/C9H12O2/c10-9-8-6-2-1-5(3-6)7(8)4-11-9/h5-8H,1-4H2. The topological polar surface area (TPSA) is 26.3 Å². The summed E-state index contributed by atoms with van der Waals surface area (Å²) in [5.74, 6) is 2.55. The zero-order chi connectivity index (χ0) is 7.42. The number of fused-ring (bicyclic) bond motifs is 5. The highest BCUT2D eigenvalue weighted by Gasteiger charge is 2.54. The van der Waals surface area contributed by atoms with Crippen LogP contribution in [-0.2, 0) is 9.53 Å². The van der Waals surface area contributed by atoms with Crippen LogP contribution in [0.4, 0.5) is 0 Å². The Bertz CT molecular complexity index is 212. The maximum absolute atomic E-state index is 11.2. The summed E-state index contributed by atoms with van der Waals surface area (Å²) in [5, 5.41) is 0. The van der Waals surface area contributed by atoms with E-state index in [4.69, 9.17) is 4.74 Å². The number of carbonyl (C=O) groups excluding carboxylic acids is 1. The van der Waals surface area contributed by atoms with Crippen molar-refractivity contribution in [2.24, 2.45) is 23.7 Å². The molecule has 2 bridgehead atoms. The summed E-state index contributed by atoms with van der Waals surface area (Å²) < 4.78 is 5.06. The summed E-state index contributed by atoms with van der Waals surface area (Å²) >= 11 is 0. The van der Waals surface area contributed by atoms with Gasteiger partial charge in [-0.3, -0.25) is 4.79 Å². The van der Waals surface area contributed by atoms with Crippen molar-refractivity contribution in [2.45, 2.75) is 19.3 Å². The lowest BCUT2D eigenvalue weighted by atomic mass is 9.81. The van der Waals surface area contributed by atoms with E-state index in [1.807, 2.05) is 0 Å². The van der Waals surface area contributed by atoms with Gasteiger partial charge in [-0.25, -0.2) is 0 Å². The van der Waals surface area contributed by atoms with Crippen molar-refractivity contribution in [3.63, 3.8) is 0 Å². The van der Waals surface area contributed by atoms with Gasteiger partial charge in [0.15, 0.2) is 0 Å². The molecule has 2 aliphatic carbocycles. The molecule has 0 aromatic carbocycles. The Balaban J connectivity index is 1.97. The average Bonchev–Trinajstić information content (AvgIpc) is 2.60. The predicted molar refractivity (Wildman–Crippen MR) is 38.8 cm³/mol. The van der Waals surface area contributed by atoms with Crippen LogP contribution < -0.4 is 0 Å². The van der Waals surface area contributed by atoms with Crippen LogP contribution in [0.1, 0.15) is 19.3 Å². The molecule has 1 aliphatic heterocycles. The monoisotopic (exact) mass is 152 g/mol. The molecule has 2 saturated carbocycles. The third-order valence-electron chi connectivity index (χ3n) is 3.78. The average molecular weight is 152 g/mol. The molecule has 3 rings (SSSR count). The SMILES string of the molecule is O=C1OCC2C3CCC(C3)C12. The van der Waals surface area contributed by atoms with Crippen LogP contribution in [-0.4, -0.2) is 12.6 Å². The molecule has 0 N–H and O–H groups in total. The molecule has 0 radical (unpaired) electrons. The summed E-state index contributed by atoms with van der Waals surface area (Å²) in [7, 11) is 0. The van der Waals surface area contributed by atoms with Crippen molar-refractivity contribution >= 4 is 5.97 Å². The number of carbonyl (C=O) groups is 1. The van der Waals surface area contributed by atoms with Crippen molar-refractivity contribution in [1.82, 2.24) is 0 Å². The van der Waals surface area contributed by atoms with Crippen LogP contribution in [0.2, 0.25) is 0 Å². The molecule has 2 nitrogen and oxygen atoms in total. The lowest BCUT2D eigenvalue weighted by Gasteiger charge is -2.19. The molecule has 1 heterocycles. The van der Waals surface area contributed by atoms with E-state index in [0.717, 1.165) is 12.5 Å². The molecule has 3 aliphatic rings. The number of hydrogen-bond acceptors (Lipinski definition) is 2. The summed E-state index contributed by atoms with van der Waals surface area (Å²) in [6.45, 7) is 0.727. The first-order chi connectivity index (χ1) is 5.36. The highest BCUT2D eigenvalue weighted by atomic mass is 16.5. The maximum Gasteiger partial charge on any atom is 0.309 e. The lowest BCUT2D eigenvalue weighted by molar-refractivity contribution is -0.142. The Hall–Kier alpha value is -0.530. The molecular weight excluding hydrogens is 140 g/mol. The molecule has 0 aromatic heterocycles. The van der Waals surface area contributed by atoms with Gasteiger partial charge in [-0.1, -0.05) is 0 Å². The molecule has 2 heteroatoms. The molecule has 0 amide bonds. The van der Waals surface area contributed by atoms with Crippen molar-refractivity contribution < 1.29 is 9.53 Å². The van der Waals surface area contributed by atoms with Gasteiger partial charge >= 0.3 is 5.97 Å². The van der Waals surface area contributed by atoms with E-state index in [9.17, 15) is 4.79 Å². The zero-order valence-electron chi connectivity index (χ0n) is 6.45. The van der Waals surface area contributed by atoms with Crippen LogP contribution >= 0.6 is 0 Å². The first-order valence-electron chi connectivity index (χ1n) is 4.53. The quantitative estimate of drug-likeness (QED) is 0.487. The fraction of sp³-hybridized carbons (Fsp3) is 0.889. The second-order valence-corrected chi connectivity index (χ2v) is 4.15. The van der Waals surface area contributed by atoms with E-state index in [0.29, 0.717) is 17.8 Å². The second-order valence-electron chi connectivity index (χ2n) is 4.15. The van der Waals surface area contributed by atoms with E-state index >= 15 is 0 Å². The van der Waals surface area contributed by atoms with Gasteiger partial charge < -0.3 is 4.74 Å². The summed E-state index contributed by atoms with van der Waals surface area (Å²) in [4.78, 5) is 11.2. The summed E-state index contributed by atoms with van der Waals surface area (Å²) in [6.07, 6.45) is 3.94. The Morgan fingerprint density at radius 2 is 2.09 bits per heavy atom. The Labute approximate surface area is 65.9 Å². The molecule has 0 aromatic rings. The molecule has 4 atom stereocenters. The summed E-state index contributed by atoms with van der Waals surface area (Å²) in [6, 6.07) is 0. The van der Waals surface area contributed by atoms with Crippen molar-refractivity contribution in [3.05, 3.63) is 0 Å². The Morgan fingerprint density at radius 1 is 1.27 bits per heavy atom. The largest absolute Gasteiger partial charge is 0.465 e. The number of hydrogen-bond donors (Lipinski definition) is 0. The van der Waals surface area contributed by atoms with Crippen LogP contribution in [0, 0.1) is 23.7 Å².